The van der Waals surface area contributed by atoms with Crippen LogP contribution in [-0.4, -0.2) is 35.4 Å². The standard InChI is InChI=1S/C15H16N4O4S/c20-12(18-19-15(22)14(21)16-9-5-6-9)7-23-8-13-17-10-3-1-2-4-11(10)24-13/h1-4,9H,5-8H2,(H,16,21)(H,18,20)(H,19,22). The first kappa shape index (κ1) is 16.3. The Morgan fingerprint density at radius 1 is 1.17 bits per heavy atom. The van der Waals surface area contributed by atoms with Gasteiger partial charge in [-0.05, 0) is 25.0 Å². The fourth-order valence-electron chi connectivity index (χ4n) is 1.91. The van der Waals surface area contributed by atoms with Crippen LogP contribution in [0.3, 0.4) is 0 Å². The number of ether oxygens (including phenoxy) is 1. The molecule has 1 aromatic heterocycles. The van der Waals surface area contributed by atoms with Crippen LogP contribution in [0.2, 0.25) is 0 Å². The van der Waals surface area contributed by atoms with Crippen molar-refractivity contribution in [3.05, 3.63) is 29.3 Å². The molecule has 0 spiro atoms. The van der Waals surface area contributed by atoms with Crippen LogP contribution in [0.1, 0.15) is 17.8 Å². The molecule has 1 aromatic carbocycles. The molecular weight excluding hydrogens is 332 g/mol. The van der Waals surface area contributed by atoms with Gasteiger partial charge in [0.2, 0.25) is 0 Å². The van der Waals surface area contributed by atoms with Crippen LogP contribution >= 0.6 is 11.3 Å². The van der Waals surface area contributed by atoms with Crippen molar-refractivity contribution in [2.24, 2.45) is 0 Å². The molecule has 0 saturated heterocycles. The van der Waals surface area contributed by atoms with Gasteiger partial charge in [0.25, 0.3) is 5.91 Å². The van der Waals surface area contributed by atoms with Crippen molar-refractivity contribution >= 4 is 39.3 Å². The lowest BCUT2D eigenvalue weighted by Gasteiger charge is -2.07. The highest BCUT2D eigenvalue weighted by atomic mass is 32.1. The Kier molecular flexibility index (Phi) is 5.02. The molecule has 0 unspecified atom stereocenters. The molecule has 1 aliphatic carbocycles. The maximum absolute atomic E-state index is 11.6. The van der Waals surface area contributed by atoms with E-state index in [0.29, 0.717) is 0 Å². The molecule has 8 nitrogen and oxygen atoms in total. The molecule has 3 N–H and O–H groups in total. The summed E-state index contributed by atoms with van der Waals surface area (Å²) in [6, 6.07) is 7.79. The number of aromatic nitrogens is 1. The maximum atomic E-state index is 11.6. The molecular formula is C15H16N4O4S. The zero-order chi connectivity index (χ0) is 16.9. The van der Waals surface area contributed by atoms with Crippen LogP contribution in [0.25, 0.3) is 10.2 Å². The summed E-state index contributed by atoms with van der Waals surface area (Å²) in [4.78, 5) is 38.7. The summed E-state index contributed by atoms with van der Waals surface area (Å²) in [6.45, 7) is -0.0523. The van der Waals surface area contributed by atoms with Gasteiger partial charge in [0.1, 0.15) is 11.6 Å². The Labute approximate surface area is 141 Å². The lowest BCUT2D eigenvalue weighted by molar-refractivity contribution is -0.141. The molecule has 3 rings (SSSR count). The molecule has 1 aliphatic rings. The van der Waals surface area contributed by atoms with Crippen molar-refractivity contribution in [3.8, 4) is 0 Å². The number of nitrogens with zero attached hydrogens (tertiary/aromatic N) is 1. The van der Waals surface area contributed by atoms with Gasteiger partial charge in [-0.2, -0.15) is 0 Å². The van der Waals surface area contributed by atoms with E-state index in [4.69, 9.17) is 4.74 Å². The summed E-state index contributed by atoms with van der Waals surface area (Å²) in [6.07, 6.45) is 1.76. The molecule has 0 bridgehead atoms. The molecule has 1 fully saturated rings. The fraction of sp³-hybridized carbons (Fsp3) is 0.333. The molecule has 0 atom stereocenters. The van der Waals surface area contributed by atoms with Crippen LogP contribution in [0.4, 0.5) is 0 Å². The fourth-order valence-corrected chi connectivity index (χ4v) is 2.82. The summed E-state index contributed by atoms with van der Waals surface area (Å²) in [7, 11) is 0. The number of hydrogen-bond acceptors (Lipinski definition) is 6. The number of rotatable bonds is 5. The van der Waals surface area contributed by atoms with Gasteiger partial charge in [-0.3, -0.25) is 25.2 Å². The van der Waals surface area contributed by atoms with Crippen molar-refractivity contribution in [1.82, 2.24) is 21.2 Å². The van der Waals surface area contributed by atoms with Crippen molar-refractivity contribution in [3.63, 3.8) is 0 Å². The molecule has 1 heterocycles. The van der Waals surface area contributed by atoms with Gasteiger partial charge in [-0.1, -0.05) is 12.1 Å². The normalized spacial score (nSPS) is 13.5. The van der Waals surface area contributed by atoms with Crippen molar-refractivity contribution < 1.29 is 19.1 Å². The number of carbonyl (C=O) groups is 3. The first-order chi connectivity index (χ1) is 11.6. The topological polar surface area (TPSA) is 109 Å². The Hall–Kier alpha value is -2.52. The number of thiazole rings is 1. The van der Waals surface area contributed by atoms with E-state index in [1.165, 1.54) is 11.3 Å². The van der Waals surface area contributed by atoms with Crippen LogP contribution in [0, 0.1) is 0 Å². The van der Waals surface area contributed by atoms with Gasteiger partial charge in [-0.25, -0.2) is 4.98 Å². The average Bonchev–Trinajstić information content (AvgIpc) is 3.28. The molecule has 2 aromatic rings. The molecule has 3 amide bonds. The predicted molar refractivity (Wildman–Crippen MR) is 86.7 cm³/mol. The second kappa shape index (κ2) is 7.37. The van der Waals surface area contributed by atoms with Gasteiger partial charge in [0.15, 0.2) is 0 Å². The largest absolute Gasteiger partial charge is 0.364 e. The molecule has 1 saturated carbocycles. The van der Waals surface area contributed by atoms with Gasteiger partial charge in [0.05, 0.1) is 16.8 Å². The van der Waals surface area contributed by atoms with E-state index in [1.54, 1.807) is 0 Å². The Bertz CT molecular complexity index is 739. The van der Waals surface area contributed by atoms with Crippen LogP contribution in [0.5, 0.6) is 0 Å². The molecule has 0 aliphatic heterocycles. The van der Waals surface area contributed by atoms with Crippen molar-refractivity contribution in [1.29, 1.82) is 0 Å². The summed E-state index contributed by atoms with van der Waals surface area (Å²) < 4.78 is 6.31. The molecule has 24 heavy (non-hydrogen) atoms. The molecule has 9 heteroatoms. The minimum Gasteiger partial charge on any atom is -0.364 e. The van der Waals surface area contributed by atoms with E-state index in [9.17, 15) is 14.4 Å². The van der Waals surface area contributed by atoms with E-state index in [2.05, 4.69) is 15.7 Å². The summed E-state index contributed by atoms with van der Waals surface area (Å²) >= 11 is 1.49. The first-order valence-corrected chi connectivity index (χ1v) is 8.25. The zero-order valence-corrected chi connectivity index (χ0v) is 13.5. The lowest BCUT2D eigenvalue weighted by Crippen LogP contribution is -2.49. The van der Waals surface area contributed by atoms with Gasteiger partial charge in [-0.15, -0.1) is 11.3 Å². The number of para-hydroxylation sites is 1. The monoisotopic (exact) mass is 348 g/mol. The number of amides is 3. The Morgan fingerprint density at radius 3 is 2.71 bits per heavy atom. The summed E-state index contributed by atoms with van der Waals surface area (Å²) in [5.41, 5.74) is 5.06. The number of hydrogen-bond donors (Lipinski definition) is 3. The lowest BCUT2D eigenvalue weighted by atomic mass is 10.3. The van der Waals surface area contributed by atoms with Gasteiger partial charge in [0, 0.05) is 6.04 Å². The van der Waals surface area contributed by atoms with E-state index in [1.807, 2.05) is 29.7 Å². The van der Waals surface area contributed by atoms with Crippen LogP contribution in [0.15, 0.2) is 24.3 Å². The smallest absolute Gasteiger partial charge is 0.327 e. The Balaban J connectivity index is 1.36. The average molecular weight is 348 g/mol. The second-order valence-corrected chi connectivity index (χ2v) is 6.43. The first-order valence-electron chi connectivity index (χ1n) is 7.43. The summed E-state index contributed by atoms with van der Waals surface area (Å²) in [5.74, 6) is -2.21. The highest BCUT2D eigenvalue weighted by Gasteiger charge is 2.26. The molecule has 126 valence electrons. The van der Waals surface area contributed by atoms with E-state index >= 15 is 0 Å². The number of hydrazine groups is 1. The number of fused-ring (bicyclic) bond motifs is 1. The third-order valence-electron chi connectivity index (χ3n) is 3.23. The van der Waals surface area contributed by atoms with E-state index in [0.717, 1.165) is 28.1 Å². The SMILES string of the molecule is O=C(COCc1nc2ccccc2s1)NNC(=O)C(=O)NC1CC1. The quantitative estimate of drug-likeness (QED) is 0.530. The highest BCUT2D eigenvalue weighted by molar-refractivity contribution is 7.18. The van der Waals surface area contributed by atoms with Crippen molar-refractivity contribution in [2.45, 2.75) is 25.5 Å². The third kappa shape index (κ3) is 4.49. The second-order valence-electron chi connectivity index (χ2n) is 5.32. The number of benzene rings is 1. The predicted octanol–water partition coefficient (Wildman–Crippen LogP) is 0.239. The van der Waals surface area contributed by atoms with E-state index < -0.39 is 17.7 Å². The van der Waals surface area contributed by atoms with E-state index in [-0.39, 0.29) is 19.3 Å². The van der Waals surface area contributed by atoms with Crippen molar-refractivity contribution in [2.75, 3.05) is 6.61 Å². The Morgan fingerprint density at radius 2 is 1.96 bits per heavy atom. The highest BCUT2D eigenvalue weighted by Crippen LogP contribution is 2.21. The van der Waals surface area contributed by atoms with Crippen LogP contribution in [-0.2, 0) is 25.7 Å². The minimum atomic E-state index is -0.901. The van der Waals surface area contributed by atoms with Gasteiger partial charge >= 0.3 is 11.8 Å². The maximum Gasteiger partial charge on any atom is 0.327 e. The van der Waals surface area contributed by atoms with Gasteiger partial charge < -0.3 is 10.1 Å². The number of carbonyl (C=O) groups excluding carboxylic acids is 3. The van der Waals surface area contributed by atoms with Crippen LogP contribution < -0.4 is 16.2 Å². The minimum absolute atomic E-state index is 0.0797. The number of nitrogens with one attached hydrogen (secondary N) is 3. The summed E-state index contributed by atoms with van der Waals surface area (Å²) in [5, 5.41) is 3.28. The molecule has 0 radical (unpaired) electrons. The zero-order valence-electron chi connectivity index (χ0n) is 12.7. The third-order valence-corrected chi connectivity index (χ3v) is 4.24.